The number of ether oxygens (including phenoxy) is 10. The first-order valence-corrected chi connectivity index (χ1v) is 18.7. The lowest BCUT2D eigenvalue weighted by Gasteiger charge is -2.23. The quantitative estimate of drug-likeness (QED) is 0.0815. The minimum atomic E-state index is -0.619. The Bertz CT molecular complexity index is 2290. The third kappa shape index (κ3) is 8.87. The van der Waals surface area contributed by atoms with Gasteiger partial charge in [-0.05, 0) is 81.9 Å². The highest BCUT2D eigenvalue weighted by molar-refractivity contribution is 6.05. The monoisotopic (exact) mass is 814 g/mol. The van der Waals surface area contributed by atoms with E-state index in [0.29, 0.717) is 79.4 Å². The van der Waals surface area contributed by atoms with Crippen LogP contribution in [0.15, 0.2) is 109 Å². The standard InChI is InChI=1S/C48H46O12/c1-51-39-19-31(33(21-41(39)53-3)35-23-43(55-5)45(57-7)25-37(35)47(49)59-27-29-15-11-9-12-16-29)32-20-40(52-2)42(54-4)22-34(32)36-24-44(56-6)46(58-8)26-38(36)48(50)60-28-30-17-13-10-14-18-30/h9-26H,27-28H2,1-8H3. The Hall–Kier alpha value is -7.34. The molecule has 0 saturated carbocycles. The number of hydrogen-bond acceptors (Lipinski definition) is 12. The van der Waals surface area contributed by atoms with Gasteiger partial charge >= 0.3 is 11.9 Å². The van der Waals surface area contributed by atoms with E-state index in [1.165, 1.54) is 56.9 Å². The van der Waals surface area contributed by atoms with Crippen LogP contribution in [0.4, 0.5) is 0 Å². The van der Waals surface area contributed by atoms with Gasteiger partial charge in [0.15, 0.2) is 46.0 Å². The van der Waals surface area contributed by atoms with Crippen LogP contribution in [0.1, 0.15) is 31.8 Å². The molecular formula is C48H46O12. The number of hydrogen-bond donors (Lipinski definition) is 0. The first-order valence-electron chi connectivity index (χ1n) is 18.7. The first-order chi connectivity index (χ1) is 29.2. The predicted molar refractivity (Wildman–Crippen MR) is 226 cm³/mol. The Morgan fingerprint density at radius 1 is 0.333 bits per heavy atom. The van der Waals surface area contributed by atoms with Crippen LogP contribution in [0, 0.1) is 0 Å². The van der Waals surface area contributed by atoms with Gasteiger partial charge in [-0.1, -0.05) is 60.7 Å². The molecule has 6 aromatic carbocycles. The van der Waals surface area contributed by atoms with Gasteiger partial charge in [0.1, 0.15) is 13.2 Å². The zero-order chi connectivity index (χ0) is 42.8. The Balaban J connectivity index is 1.66. The summed E-state index contributed by atoms with van der Waals surface area (Å²) in [7, 11) is 12.1. The molecule has 60 heavy (non-hydrogen) atoms. The molecule has 12 heteroatoms. The lowest BCUT2D eigenvalue weighted by molar-refractivity contribution is 0.0464. The molecule has 0 bridgehead atoms. The van der Waals surface area contributed by atoms with Crippen molar-refractivity contribution in [1.82, 2.24) is 0 Å². The van der Waals surface area contributed by atoms with Gasteiger partial charge < -0.3 is 47.4 Å². The Morgan fingerprint density at radius 2 is 0.567 bits per heavy atom. The van der Waals surface area contributed by atoms with Crippen LogP contribution >= 0.6 is 0 Å². The van der Waals surface area contributed by atoms with Crippen molar-refractivity contribution >= 4 is 11.9 Å². The maximum atomic E-state index is 14.2. The van der Waals surface area contributed by atoms with Crippen molar-refractivity contribution in [3.8, 4) is 79.4 Å². The number of carbonyl (C=O) groups is 2. The fourth-order valence-electron chi connectivity index (χ4n) is 6.79. The van der Waals surface area contributed by atoms with Crippen LogP contribution in [0.5, 0.6) is 46.0 Å². The van der Waals surface area contributed by atoms with Crippen molar-refractivity contribution in [3.63, 3.8) is 0 Å². The van der Waals surface area contributed by atoms with E-state index >= 15 is 0 Å². The second-order valence-electron chi connectivity index (χ2n) is 13.1. The second-order valence-corrected chi connectivity index (χ2v) is 13.1. The minimum Gasteiger partial charge on any atom is -0.493 e. The predicted octanol–water partition coefficient (Wildman–Crippen LogP) is 9.47. The van der Waals surface area contributed by atoms with Crippen molar-refractivity contribution in [1.29, 1.82) is 0 Å². The van der Waals surface area contributed by atoms with Crippen molar-refractivity contribution < 1.29 is 57.0 Å². The molecule has 0 aliphatic rings. The summed E-state index contributed by atoms with van der Waals surface area (Å²) < 4.78 is 58.0. The fourth-order valence-corrected chi connectivity index (χ4v) is 6.79. The molecule has 0 atom stereocenters. The molecule has 0 N–H and O–H groups in total. The van der Waals surface area contributed by atoms with Crippen LogP contribution < -0.4 is 37.9 Å². The summed E-state index contributed by atoms with van der Waals surface area (Å²) in [4.78, 5) is 28.4. The van der Waals surface area contributed by atoms with E-state index in [9.17, 15) is 9.59 Å². The SMILES string of the molecule is COc1cc(C(=O)OCc2ccccc2)c(-c2cc(OC)c(OC)cc2-c2cc(OC)c(OC)cc2-c2cc(OC)c(OC)cc2C(=O)OCc2ccccc2)cc1OC. The van der Waals surface area contributed by atoms with Gasteiger partial charge in [-0.25, -0.2) is 9.59 Å². The lowest BCUT2D eigenvalue weighted by atomic mass is 9.85. The molecule has 0 heterocycles. The number of esters is 2. The molecule has 0 fully saturated rings. The first kappa shape index (κ1) is 42.3. The van der Waals surface area contributed by atoms with Crippen LogP contribution in [0.3, 0.4) is 0 Å². The molecule has 6 aromatic rings. The minimum absolute atomic E-state index is 0.0223. The normalized spacial score (nSPS) is 10.6. The maximum absolute atomic E-state index is 14.2. The molecule has 0 radical (unpaired) electrons. The van der Waals surface area contributed by atoms with Crippen molar-refractivity contribution in [2.75, 3.05) is 56.9 Å². The average molecular weight is 815 g/mol. The van der Waals surface area contributed by atoms with E-state index in [1.807, 2.05) is 60.7 Å². The Kier molecular flexibility index (Phi) is 13.7. The molecule has 0 saturated heterocycles. The summed E-state index contributed by atoms with van der Waals surface area (Å²) in [6, 6.07) is 32.4. The van der Waals surface area contributed by atoms with E-state index in [-0.39, 0.29) is 24.3 Å². The summed E-state index contributed by atoms with van der Waals surface area (Å²) in [6.45, 7) is 0.0447. The number of carbonyl (C=O) groups excluding carboxylic acids is 2. The van der Waals surface area contributed by atoms with E-state index < -0.39 is 11.9 Å². The molecule has 0 unspecified atom stereocenters. The number of benzene rings is 6. The van der Waals surface area contributed by atoms with Crippen LogP contribution in [-0.4, -0.2) is 68.8 Å². The Morgan fingerprint density at radius 3 is 0.833 bits per heavy atom. The lowest BCUT2D eigenvalue weighted by Crippen LogP contribution is -2.09. The second kappa shape index (κ2) is 19.4. The topological polar surface area (TPSA) is 126 Å². The number of rotatable bonds is 17. The van der Waals surface area contributed by atoms with Gasteiger partial charge in [-0.15, -0.1) is 0 Å². The van der Waals surface area contributed by atoms with E-state index in [1.54, 1.807) is 48.5 Å². The van der Waals surface area contributed by atoms with Crippen LogP contribution in [0.25, 0.3) is 33.4 Å². The molecule has 0 aliphatic carbocycles. The van der Waals surface area contributed by atoms with Gasteiger partial charge in [0.05, 0.1) is 68.0 Å². The van der Waals surface area contributed by atoms with Crippen molar-refractivity contribution in [2.24, 2.45) is 0 Å². The van der Waals surface area contributed by atoms with Gasteiger partial charge in [-0.2, -0.15) is 0 Å². The van der Waals surface area contributed by atoms with Gasteiger partial charge in [-0.3, -0.25) is 0 Å². The summed E-state index contributed by atoms with van der Waals surface area (Å²) in [5, 5.41) is 0. The molecular weight excluding hydrogens is 769 g/mol. The molecule has 0 aromatic heterocycles. The van der Waals surface area contributed by atoms with Crippen molar-refractivity contribution in [3.05, 3.63) is 131 Å². The smallest absolute Gasteiger partial charge is 0.339 e. The zero-order valence-corrected chi connectivity index (χ0v) is 34.7. The summed E-state index contributed by atoms with van der Waals surface area (Å²) in [6.07, 6.45) is 0. The van der Waals surface area contributed by atoms with E-state index in [0.717, 1.165) is 11.1 Å². The Labute approximate surface area is 349 Å². The highest BCUT2D eigenvalue weighted by Gasteiger charge is 2.28. The summed E-state index contributed by atoms with van der Waals surface area (Å²) >= 11 is 0. The van der Waals surface area contributed by atoms with Gasteiger partial charge in [0.25, 0.3) is 0 Å². The summed E-state index contributed by atoms with van der Waals surface area (Å²) in [5.74, 6) is 1.57. The zero-order valence-electron chi connectivity index (χ0n) is 34.7. The third-order valence-corrected chi connectivity index (χ3v) is 9.83. The van der Waals surface area contributed by atoms with Crippen LogP contribution in [-0.2, 0) is 22.7 Å². The van der Waals surface area contributed by atoms with E-state index in [4.69, 9.17) is 47.4 Å². The molecule has 0 aliphatic heterocycles. The third-order valence-electron chi connectivity index (χ3n) is 9.83. The maximum Gasteiger partial charge on any atom is 0.339 e. The van der Waals surface area contributed by atoms with Gasteiger partial charge in [0.2, 0.25) is 0 Å². The fraction of sp³-hybridized carbons (Fsp3) is 0.208. The number of methoxy groups -OCH3 is 8. The highest BCUT2D eigenvalue weighted by atomic mass is 16.5. The van der Waals surface area contributed by atoms with Gasteiger partial charge in [0, 0.05) is 11.1 Å². The van der Waals surface area contributed by atoms with Crippen LogP contribution in [0.2, 0.25) is 0 Å². The average Bonchev–Trinajstić information content (AvgIpc) is 3.31. The molecule has 12 nitrogen and oxygen atoms in total. The largest absolute Gasteiger partial charge is 0.493 e. The molecule has 0 amide bonds. The molecule has 0 spiro atoms. The van der Waals surface area contributed by atoms with E-state index in [2.05, 4.69) is 0 Å². The highest BCUT2D eigenvalue weighted by Crippen LogP contribution is 2.50. The molecule has 6 rings (SSSR count). The molecule has 310 valence electrons. The summed E-state index contributed by atoms with van der Waals surface area (Å²) in [5.41, 5.74) is 4.87. The van der Waals surface area contributed by atoms with Crippen molar-refractivity contribution in [2.45, 2.75) is 13.2 Å².